The van der Waals surface area contributed by atoms with Crippen LogP contribution >= 0.6 is 0 Å². The maximum atomic E-state index is 10.7. The molecule has 1 aliphatic heterocycles. The molecule has 34 heavy (non-hydrogen) atoms. The molecule has 1 saturated heterocycles. The predicted molar refractivity (Wildman–Crippen MR) is 133 cm³/mol. The van der Waals surface area contributed by atoms with Crippen molar-refractivity contribution in [2.45, 2.75) is 52.7 Å². The van der Waals surface area contributed by atoms with Gasteiger partial charge in [0.15, 0.2) is 0 Å². The van der Waals surface area contributed by atoms with Crippen LogP contribution in [0.25, 0.3) is 5.57 Å². The van der Waals surface area contributed by atoms with Crippen LogP contribution in [0.1, 0.15) is 49.4 Å². The Bertz CT molecular complexity index is 1070. The summed E-state index contributed by atoms with van der Waals surface area (Å²) in [4.78, 5) is 12.9. The van der Waals surface area contributed by atoms with Crippen molar-refractivity contribution in [3.05, 3.63) is 64.2 Å². The number of likely N-dealkylation sites (tertiary alicyclic amines) is 1. The predicted octanol–water partition coefficient (Wildman–Crippen LogP) is 5.57. The molecule has 0 saturated carbocycles. The third-order valence-corrected chi connectivity index (χ3v) is 6.62. The molecule has 1 fully saturated rings. The Labute approximate surface area is 202 Å². The van der Waals surface area contributed by atoms with Crippen LogP contribution in [0.5, 0.6) is 11.5 Å². The van der Waals surface area contributed by atoms with E-state index in [0.29, 0.717) is 25.6 Å². The van der Waals surface area contributed by atoms with Crippen molar-refractivity contribution in [3.8, 4) is 11.5 Å². The van der Waals surface area contributed by atoms with Gasteiger partial charge in [0.2, 0.25) is 0 Å². The second-order valence-electron chi connectivity index (χ2n) is 9.82. The first-order valence-corrected chi connectivity index (χ1v) is 12.0. The third-order valence-electron chi connectivity index (χ3n) is 6.62. The molecule has 182 valence electrons. The van der Waals surface area contributed by atoms with Gasteiger partial charge in [0.25, 0.3) is 0 Å². The summed E-state index contributed by atoms with van der Waals surface area (Å²) in [6.45, 7) is 9.36. The number of hydrogen-bond donors (Lipinski definition) is 1. The van der Waals surface area contributed by atoms with Crippen molar-refractivity contribution < 1.29 is 24.1 Å². The topological polar surface area (TPSA) is 68.2 Å². The first kappa shape index (κ1) is 24.1. The zero-order valence-corrected chi connectivity index (χ0v) is 20.6. The van der Waals surface area contributed by atoms with Gasteiger partial charge >= 0.3 is 6.16 Å². The molecule has 4 rings (SSSR count). The molecule has 0 spiro atoms. The second kappa shape index (κ2) is 10.5. The molecule has 0 amide bonds. The van der Waals surface area contributed by atoms with Gasteiger partial charge in [-0.3, -0.25) is 4.90 Å². The number of benzene rings is 2. The summed E-state index contributed by atoms with van der Waals surface area (Å²) in [5.74, 6) is 2.35. The van der Waals surface area contributed by atoms with E-state index in [-0.39, 0.29) is 6.10 Å². The summed E-state index contributed by atoms with van der Waals surface area (Å²) in [5, 5.41) is 8.73. The molecular weight excluding hydrogens is 430 g/mol. The van der Waals surface area contributed by atoms with Gasteiger partial charge in [0.05, 0.1) is 7.11 Å². The van der Waals surface area contributed by atoms with Gasteiger partial charge in [-0.15, -0.1) is 0 Å². The number of carboxylic acid groups (broad SMARTS) is 1. The number of hydrogen-bond acceptors (Lipinski definition) is 5. The highest BCUT2D eigenvalue weighted by atomic mass is 16.7. The standard InChI is InChI=1S/C28H35NO5/c1-18(2)9-20-10-21(12-25(11-20)32-4)17-33-24-7-8-27-19(3)23(6-5-22(27)13-24)14-29-15-26(16-29)34-28(30)31/h7-8,10-13,18,26H,5-6,9,14-17H2,1-4H3,(H,30,31). The summed E-state index contributed by atoms with van der Waals surface area (Å²) in [5.41, 5.74) is 7.74. The minimum atomic E-state index is -1.19. The lowest BCUT2D eigenvalue weighted by molar-refractivity contribution is -0.0292. The fourth-order valence-electron chi connectivity index (χ4n) is 4.92. The molecule has 2 aromatic carbocycles. The highest BCUT2D eigenvalue weighted by molar-refractivity contribution is 5.72. The summed E-state index contributed by atoms with van der Waals surface area (Å²) < 4.78 is 16.5. The lowest BCUT2D eigenvalue weighted by Crippen LogP contribution is -2.53. The average molecular weight is 466 g/mol. The van der Waals surface area contributed by atoms with Crippen LogP contribution in [0.2, 0.25) is 0 Å². The fraction of sp³-hybridized carbons (Fsp3) is 0.464. The van der Waals surface area contributed by atoms with E-state index in [2.05, 4.69) is 56.0 Å². The number of methoxy groups -OCH3 is 1. The Balaban J connectivity index is 1.39. The molecule has 0 radical (unpaired) electrons. The smallest absolute Gasteiger partial charge is 0.497 e. The summed E-state index contributed by atoms with van der Waals surface area (Å²) in [6.07, 6.45) is 1.63. The Morgan fingerprint density at radius 2 is 1.85 bits per heavy atom. The number of aryl methyl sites for hydroxylation is 1. The second-order valence-corrected chi connectivity index (χ2v) is 9.82. The van der Waals surface area contributed by atoms with E-state index in [1.54, 1.807) is 7.11 Å². The van der Waals surface area contributed by atoms with E-state index in [4.69, 9.17) is 19.3 Å². The zero-order chi connectivity index (χ0) is 24.2. The van der Waals surface area contributed by atoms with Crippen LogP contribution in [0, 0.1) is 5.92 Å². The Morgan fingerprint density at radius 1 is 1.09 bits per heavy atom. The SMILES string of the molecule is COc1cc(COc2ccc3c(c2)CCC(CN2CC(OC(=O)O)C2)=C3C)cc(CC(C)C)c1. The van der Waals surface area contributed by atoms with Crippen LogP contribution in [0.4, 0.5) is 4.79 Å². The van der Waals surface area contributed by atoms with Crippen LogP contribution in [-0.2, 0) is 24.2 Å². The average Bonchev–Trinajstić information content (AvgIpc) is 2.76. The minimum absolute atomic E-state index is 0.194. The number of rotatable bonds is 9. The molecule has 0 aromatic heterocycles. The van der Waals surface area contributed by atoms with Crippen LogP contribution in [-0.4, -0.2) is 49.0 Å². The highest BCUT2D eigenvalue weighted by Gasteiger charge is 2.31. The van der Waals surface area contributed by atoms with E-state index < -0.39 is 6.16 Å². The molecule has 0 atom stereocenters. The zero-order valence-electron chi connectivity index (χ0n) is 20.6. The maximum Gasteiger partial charge on any atom is 0.506 e. The molecule has 0 unspecified atom stereocenters. The van der Waals surface area contributed by atoms with Crippen molar-refractivity contribution in [1.82, 2.24) is 4.90 Å². The first-order chi connectivity index (χ1) is 16.3. The quantitative estimate of drug-likeness (QED) is 0.488. The van der Waals surface area contributed by atoms with Crippen molar-refractivity contribution in [1.29, 1.82) is 0 Å². The summed E-state index contributed by atoms with van der Waals surface area (Å²) >= 11 is 0. The highest BCUT2D eigenvalue weighted by Crippen LogP contribution is 2.34. The Morgan fingerprint density at radius 3 is 2.56 bits per heavy atom. The van der Waals surface area contributed by atoms with E-state index in [1.807, 2.05) is 6.07 Å². The molecule has 1 N–H and O–H groups in total. The third kappa shape index (κ3) is 5.92. The van der Waals surface area contributed by atoms with Gasteiger partial charge in [-0.25, -0.2) is 4.79 Å². The van der Waals surface area contributed by atoms with E-state index in [1.165, 1.54) is 27.8 Å². The lowest BCUT2D eigenvalue weighted by atomic mass is 9.85. The summed E-state index contributed by atoms with van der Waals surface area (Å²) in [7, 11) is 1.71. The molecule has 0 bridgehead atoms. The lowest BCUT2D eigenvalue weighted by Gasteiger charge is -2.39. The fourth-order valence-corrected chi connectivity index (χ4v) is 4.92. The van der Waals surface area contributed by atoms with E-state index in [0.717, 1.165) is 42.9 Å². The van der Waals surface area contributed by atoms with Crippen LogP contribution < -0.4 is 9.47 Å². The van der Waals surface area contributed by atoms with Gasteiger partial charge < -0.3 is 19.3 Å². The van der Waals surface area contributed by atoms with E-state index >= 15 is 0 Å². The number of nitrogens with zero attached hydrogens (tertiary/aromatic N) is 1. The van der Waals surface area contributed by atoms with Crippen molar-refractivity contribution in [2.75, 3.05) is 26.7 Å². The van der Waals surface area contributed by atoms with Gasteiger partial charge in [0, 0.05) is 19.6 Å². The molecule has 2 aromatic rings. The van der Waals surface area contributed by atoms with Crippen LogP contribution in [0.15, 0.2) is 42.0 Å². The van der Waals surface area contributed by atoms with Gasteiger partial charge in [-0.2, -0.15) is 0 Å². The molecule has 1 aliphatic carbocycles. The maximum absolute atomic E-state index is 10.7. The molecule has 1 heterocycles. The van der Waals surface area contributed by atoms with Crippen molar-refractivity contribution >= 4 is 11.7 Å². The van der Waals surface area contributed by atoms with Gasteiger partial charge in [-0.1, -0.05) is 31.6 Å². The van der Waals surface area contributed by atoms with Gasteiger partial charge in [0.1, 0.15) is 24.2 Å². The normalized spacial score (nSPS) is 16.3. The first-order valence-electron chi connectivity index (χ1n) is 12.0. The van der Waals surface area contributed by atoms with E-state index in [9.17, 15) is 4.79 Å². The summed E-state index contributed by atoms with van der Waals surface area (Å²) in [6, 6.07) is 12.8. The number of allylic oxidation sites excluding steroid dienone is 1. The Hall–Kier alpha value is -2.99. The molecule has 6 heteroatoms. The van der Waals surface area contributed by atoms with Crippen LogP contribution in [0.3, 0.4) is 0 Å². The largest absolute Gasteiger partial charge is 0.506 e. The van der Waals surface area contributed by atoms with Crippen molar-refractivity contribution in [3.63, 3.8) is 0 Å². The molecule has 6 nitrogen and oxygen atoms in total. The number of carbonyl (C=O) groups is 1. The van der Waals surface area contributed by atoms with Gasteiger partial charge in [-0.05, 0) is 84.2 Å². The number of ether oxygens (including phenoxy) is 3. The monoisotopic (exact) mass is 465 g/mol. The minimum Gasteiger partial charge on any atom is -0.497 e. The molecule has 2 aliphatic rings. The molecular formula is C28H35NO5. The Kier molecular flexibility index (Phi) is 7.47. The van der Waals surface area contributed by atoms with Crippen molar-refractivity contribution in [2.24, 2.45) is 5.92 Å². The number of fused-ring (bicyclic) bond motifs is 1.